The van der Waals surface area contributed by atoms with E-state index < -0.39 is 23.6 Å². The van der Waals surface area contributed by atoms with Gasteiger partial charge in [-0.15, -0.1) is 0 Å². The molecule has 0 aliphatic carbocycles. The predicted molar refractivity (Wildman–Crippen MR) is 126 cm³/mol. The molecule has 170 valence electrons. The molecular weight excluding hydrogens is 430 g/mol. The third-order valence-corrected chi connectivity index (χ3v) is 4.49. The molecule has 2 aromatic rings. The van der Waals surface area contributed by atoms with Crippen molar-refractivity contribution in [3.63, 3.8) is 0 Å². The monoisotopic (exact) mass is 457 g/mol. The molecule has 0 aliphatic heterocycles. The molecular formula is C24H28ClN3O4. The number of ether oxygens (including phenoxy) is 1. The molecule has 0 bridgehead atoms. The molecule has 3 amide bonds. The Kier molecular flexibility index (Phi) is 8.43. The van der Waals surface area contributed by atoms with Gasteiger partial charge in [0, 0.05) is 21.8 Å². The van der Waals surface area contributed by atoms with E-state index >= 15 is 0 Å². The molecule has 0 fully saturated rings. The Morgan fingerprint density at radius 2 is 1.62 bits per heavy atom. The Balaban J connectivity index is 2.00. The van der Waals surface area contributed by atoms with E-state index in [-0.39, 0.29) is 18.1 Å². The minimum absolute atomic E-state index is 0.00780. The number of amides is 3. The van der Waals surface area contributed by atoms with E-state index in [9.17, 15) is 14.4 Å². The van der Waals surface area contributed by atoms with E-state index in [0.717, 1.165) is 5.56 Å². The Morgan fingerprint density at radius 3 is 2.19 bits per heavy atom. The second kappa shape index (κ2) is 10.8. The quantitative estimate of drug-likeness (QED) is 0.532. The van der Waals surface area contributed by atoms with E-state index in [1.807, 2.05) is 39.8 Å². The van der Waals surface area contributed by atoms with Gasteiger partial charge in [0.25, 0.3) is 5.91 Å². The number of aryl methyl sites for hydroxylation is 1. The van der Waals surface area contributed by atoms with Crippen LogP contribution in [0.15, 0.2) is 60.7 Å². The van der Waals surface area contributed by atoms with Crippen LogP contribution in [0.2, 0.25) is 5.02 Å². The van der Waals surface area contributed by atoms with E-state index in [1.165, 1.54) is 0 Å². The van der Waals surface area contributed by atoms with E-state index in [1.54, 1.807) is 36.4 Å². The lowest BCUT2D eigenvalue weighted by molar-refractivity contribution is -0.128. The second-order valence-corrected chi connectivity index (χ2v) is 8.80. The van der Waals surface area contributed by atoms with Crippen LogP contribution in [0.5, 0.6) is 0 Å². The fraction of sp³-hybridized carbons (Fsp3) is 0.292. The predicted octanol–water partition coefficient (Wildman–Crippen LogP) is 4.53. The van der Waals surface area contributed by atoms with Crippen molar-refractivity contribution in [1.82, 2.24) is 10.6 Å². The fourth-order valence-corrected chi connectivity index (χ4v) is 2.77. The lowest BCUT2D eigenvalue weighted by atomic mass is 10.0. The summed E-state index contributed by atoms with van der Waals surface area (Å²) in [7, 11) is 0. The Hall–Kier alpha value is -3.32. The summed E-state index contributed by atoms with van der Waals surface area (Å²) in [6, 6.07) is 12.8. The lowest BCUT2D eigenvalue weighted by Crippen LogP contribution is -2.48. The van der Waals surface area contributed by atoms with Crippen molar-refractivity contribution in [2.45, 2.75) is 39.3 Å². The van der Waals surface area contributed by atoms with Crippen molar-refractivity contribution in [2.75, 3.05) is 11.9 Å². The van der Waals surface area contributed by atoms with E-state index in [4.69, 9.17) is 16.3 Å². The SMILES string of the molecule is C=C(COC(=O)Nc1ccc(C)cc1)C(=O)NC(C(=O)NC(C)(C)C)c1ccc(Cl)cc1. The zero-order chi connectivity index (χ0) is 23.9. The average Bonchev–Trinajstić information content (AvgIpc) is 2.71. The highest BCUT2D eigenvalue weighted by atomic mass is 35.5. The molecule has 32 heavy (non-hydrogen) atoms. The first kappa shape index (κ1) is 24.9. The van der Waals surface area contributed by atoms with Gasteiger partial charge in [0.1, 0.15) is 12.6 Å². The van der Waals surface area contributed by atoms with Gasteiger partial charge in [0.2, 0.25) is 5.91 Å². The van der Waals surface area contributed by atoms with E-state index in [2.05, 4.69) is 22.5 Å². The molecule has 0 aliphatic rings. The van der Waals surface area contributed by atoms with Crippen LogP contribution in [0, 0.1) is 6.92 Å². The number of benzene rings is 2. The number of nitrogens with one attached hydrogen (secondary N) is 3. The molecule has 3 N–H and O–H groups in total. The van der Waals surface area contributed by atoms with Gasteiger partial charge < -0.3 is 15.4 Å². The largest absolute Gasteiger partial charge is 0.444 e. The minimum atomic E-state index is -0.975. The van der Waals surface area contributed by atoms with Gasteiger partial charge in [-0.1, -0.05) is 48.0 Å². The third kappa shape index (κ3) is 8.07. The van der Waals surface area contributed by atoms with Gasteiger partial charge >= 0.3 is 6.09 Å². The standard InChI is InChI=1S/C24H28ClN3O4/c1-15-6-12-19(13-7-15)26-23(31)32-14-16(2)21(29)27-20(22(30)28-24(3,4)5)17-8-10-18(25)11-9-17/h6-13,20H,2,14H2,1,3-5H3,(H,26,31)(H,27,29)(H,28,30). The zero-order valence-corrected chi connectivity index (χ0v) is 19.4. The summed E-state index contributed by atoms with van der Waals surface area (Å²) >= 11 is 5.94. The highest BCUT2D eigenvalue weighted by Crippen LogP contribution is 2.19. The Morgan fingerprint density at radius 1 is 1.03 bits per heavy atom. The molecule has 2 aromatic carbocycles. The Labute approximate surface area is 193 Å². The first-order valence-electron chi connectivity index (χ1n) is 10.0. The summed E-state index contributed by atoms with van der Waals surface area (Å²) in [5.74, 6) is -1.00. The smallest absolute Gasteiger partial charge is 0.411 e. The first-order valence-corrected chi connectivity index (χ1v) is 10.4. The van der Waals surface area contributed by atoms with Crippen molar-refractivity contribution in [3.05, 3.63) is 76.8 Å². The van der Waals surface area contributed by atoms with Gasteiger partial charge in [0.15, 0.2) is 0 Å². The highest BCUT2D eigenvalue weighted by Gasteiger charge is 2.27. The number of carbonyl (C=O) groups excluding carboxylic acids is 3. The zero-order valence-electron chi connectivity index (χ0n) is 18.6. The molecule has 7 nitrogen and oxygen atoms in total. The molecule has 0 saturated heterocycles. The number of carbonyl (C=O) groups is 3. The maximum atomic E-state index is 12.8. The van der Waals surface area contributed by atoms with Crippen LogP contribution < -0.4 is 16.0 Å². The second-order valence-electron chi connectivity index (χ2n) is 8.37. The summed E-state index contributed by atoms with van der Waals surface area (Å²) in [6.07, 6.45) is -0.720. The maximum Gasteiger partial charge on any atom is 0.411 e. The summed E-state index contributed by atoms with van der Waals surface area (Å²) in [5.41, 5.74) is 1.67. The van der Waals surface area contributed by atoms with Crippen molar-refractivity contribution >= 4 is 35.2 Å². The topological polar surface area (TPSA) is 96.5 Å². The van der Waals surface area contributed by atoms with Crippen molar-refractivity contribution in [3.8, 4) is 0 Å². The molecule has 0 radical (unpaired) electrons. The van der Waals surface area contributed by atoms with Crippen LogP contribution in [0.4, 0.5) is 10.5 Å². The van der Waals surface area contributed by atoms with Gasteiger partial charge in [-0.3, -0.25) is 14.9 Å². The maximum absolute atomic E-state index is 12.8. The summed E-state index contributed by atoms with van der Waals surface area (Å²) in [5, 5.41) is 8.57. The molecule has 0 heterocycles. The number of hydrogen-bond acceptors (Lipinski definition) is 4. The van der Waals surface area contributed by atoms with Crippen LogP contribution in [0.1, 0.15) is 37.9 Å². The van der Waals surface area contributed by atoms with Gasteiger partial charge in [-0.25, -0.2) is 4.79 Å². The van der Waals surface area contributed by atoms with Crippen LogP contribution in [-0.4, -0.2) is 30.1 Å². The minimum Gasteiger partial charge on any atom is -0.444 e. The highest BCUT2D eigenvalue weighted by molar-refractivity contribution is 6.30. The lowest BCUT2D eigenvalue weighted by Gasteiger charge is -2.26. The number of anilines is 1. The Bertz CT molecular complexity index is 980. The summed E-state index contributed by atoms with van der Waals surface area (Å²) < 4.78 is 5.07. The van der Waals surface area contributed by atoms with Crippen molar-refractivity contribution < 1.29 is 19.1 Å². The molecule has 0 spiro atoms. The molecule has 8 heteroatoms. The summed E-state index contributed by atoms with van der Waals surface area (Å²) in [6.45, 7) is 10.8. The number of halogens is 1. The number of hydrogen-bond donors (Lipinski definition) is 3. The van der Waals surface area contributed by atoms with Crippen LogP contribution in [0.3, 0.4) is 0 Å². The average molecular weight is 458 g/mol. The van der Waals surface area contributed by atoms with Crippen LogP contribution >= 0.6 is 11.6 Å². The van der Waals surface area contributed by atoms with Gasteiger partial charge in [-0.05, 0) is 57.5 Å². The molecule has 1 atom stereocenters. The van der Waals surface area contributed by atoms with Crippen molar-refractivity contribution in [2.24, 2.45) is 0 Å². The summed E-state index contributed by atoms with van der Waals surface area (Å²) in [4.78, 5) is 37.4. The van der Waals surface area contributed by atoms with Crippen molar-refractivity contribution in [1.29, 1.82) is 0 Å². The molecule has 2 rings (SSSR count). The number of rotatable bonds is 7. The van der Waals surface area contributed by atoms with Gasteiger partial charge in [0.05, 0.1) is 0 Å². The normalized spacial score (nSPS) is 11.8. The molecule has 1 unspecified atom stereocenters. The third-order valence-electron chi connectivity index (χ3n) is 4.24. The molecule has 0 saturated carbocycles. The van der Waals surface area contributed by atoms with E-state index in [0.29, 0.717) is 16.3 Å². The first-order chi connectivity index (χ1) is 14.9. The fourth-order valence-electron chi connectivity index (χ4n) is 2.64. The van der Waals surface area contributed by atoms with Crippen LogP contribution in [-0.2, 0) is 14.3 Å². The molecule has 0 aromatic heterocycles. The van der Waals surface area contributed by atoms with Crippen LogP contribution in [0.25, 0.3) is 0 Å². The van der Waals surface area contributed by atoms with Gasteiger partial charge in [-0.2, -0.15) is 0 Å².